The van der Waals surface area contributed by atoms with E-state index in [1.807, 2.05) is 0 Å². The Morgan fingerprint density at radius 2 is 2.25 bits per heavy atom. The van der Waals surface area contributed by atoms with Crippen LogP contribution in [-0.2, 0) is 0 Å². The molecule has 0 atom stereocenters. The molecular formula is C8H8Cl2N2. The highest BCUT2D eigenvalue weighted by Gasteiger charge is 2.02. The quantitative estimate of drug-likeness (QED) is 0.749. The van der Waals surface area contributed by atoms with Crippen molar-refractivity contribution in [3.8, 4) is 0 Å². The number of nitrogens with zero attached hydrogens (tertiary/aromatic N) is 1. The van der Waals surface area contributed by atoms with Gasteiger partial charge in [-0.2, -0.15) is 0 Å². The van der Waals surface area contributed by atoms with Crippen LogP contribution in [0.2, 0.25) is 10.2 Å². The Morgan fingerprint density at radius 1 is 1.58 bits per heavy atom. The van der Waals surface area contributed by atoms with Gasteiger partial charge in [0.05, 0.1) is 5.02 Å². The summed E-state index contributed by atoms with van der Waals surface area (Å²) in [6.07, 6.45) is 1.60. The van der Waals surface area contributed by atoms with Crippen LogP contribution in [0.5, 0.6) is 0 Å². The van der Waals surface area contributed by atoms with Gasteiger partial charge in [-0.3, -0.25) is 0 Å². The predicted octanol–water partition coefficient (Wildman–Crippen LogP) is 2.36. The molecule has 2 nitrogen and oxygen atoms in total. The van der Waals surface area contributed by atoms with Gasteiger partial charge >= 0.3 is 0 Å². The summed E-state index contributed by atoms with van der Waals surface area (Å²) in [5.74, 6) is 0. The molecule has 0 unspecified atom stereocenters. The lowest BCUT2D eigenvalue weighted by molar-refractivity contribution is 1.24. The second kappa shape index (κ2) is 3.90. The Balaban J connectivity index is 3.05. The molecule has 64 valence electrons. The number of halogens is 2. The molecular weight excluding hydrogens is 195 g/mol. The van der Waals surface area contributed by atoms with E-state index in [-0.39, 0.29) is 0 Å². The molecule has 0 fully saturated rings. The highest BCUT2D eigenvalue weighted by atomic mass is 35.5. The van der Waals surface area contributed by atoms with Crippen LogP contribution in [0.4, 0.5) is 0 Å². The van der Waals surface area contributed by atoms with Crippen molar-refractivity contribution in [3.63, 3.8) is 0 Å². The smallest absolute Gasteiger partial charge is 0.147 e. The first-order valence-corrected chi connectivity index (χ1v) is 4.10. The predicted molar refractivity (Wildman–Crippen MR) is 52.3 cm³/mol. The highest BCUT2D eigenvalue weighted by Crippen LogP contribution is 2.22. The van der Waals surface area contributed by atoms with Crippen molar-refractivity contribution in [1.82, 2.24) is 4.98 Å². The molecule has 12 heavy (non-hydrogen) atoms. The normalized spacial score (nSPS) is 9.92. The molecule has 2 N–H and O–H groups in total. The Hall–Kier alpha value is -0.570. The van der Waals surface area contributed by atoms with Gasteiger partial charge in [-0.1, -0.05) is 29.8 Å². The van der Waals surface area contributed by atoms with Crippen molar-refractivity contribution in [2.24, 2.45) is 5.73 Å². The van der Waals surface area contributed by atoms with Crippen molar-refractivity contribution in [2.45, 2.75) is 0 Å². The van der Waals surface area contributed by atoms with Gasteiger partial charge in [0.2, 0.25) is 0 Å². The monoisotopic (exact) mass is 202 g/mol. The molecule has 0 saturated heterocycles. The van der Waals surface area contributed by atoms with E-state index in [2.05, 4.69) is 11.6 Å². The molecule has 0 radical (unpaired) electrons. The van der Waals surface area contributed by atoms with Crippen molar-refractivity contribution in [3.05, 3.63) is 34.6 Å². The van der Waals surface area contributed by atoms with Crippen LogP contribution in [-0.4, -0.2) is 11.5 Å². The minimum atomic E-state index is 0.297. The minimum absolute atomic E-state index is 0.297. The molecule has 0 aliphatic rings. The van der Waals surface area contributed by atoms with Gasteiger partial charge in [-0.15, -0.1) is 0 Å². The summed E-state index contributed by atoms with van der Waals surface area (Å²) in [5, 5.41) is 0.717. The molecule has 1 rings (SSSR count). The topological polar surface area (TPSA) is 38.9 Å². The number of pyridine rings is 1. The fourth-order valence-electron chi connectivity index (χ4n) is 0.732. The van der Waals surface area contributed by atoms with Crippen molar-refractivity contribution < 1.29 is 0 Å². The number of rotatable bonds is 2. The number of hydrogen-bond donors (Lipinski definition) is 1. The van der Waals surface area contributed by atoms with Crippen molar-refractivity contribution in [1.29, 1.82) is 0 Å². The first-order chi connectivity index (χ1) is 5.65. The largest absolute Gasteiger partial charge is 0.326 e. The lowest BCUT2D eigenvalue weighted by Crippen LogP contribution is -2.01. The Morgan fingerprint density at radius 3 is 2.75 bits per heavy atom. The van der Waals surface area contributed by atoms with Gasteiger partial charge in [0.25, 0.3) is 0 Å². The summed E-state index contributed by atoms with van der Waals surface area (Å²) in [5.41, 5.74) is 7.01. The lowest BCUT2D eigenvalue weighted by Gasteiger charge is -2.02. The molecule has 0 saturated carbocycles. The molecule has 4 heteroatoms. The summed E-state index contributed by atoms with van der Waals surface area (Å²) in [7, 11) is 0. The first kappa shape index (κ1) is 9.52. The number of hydrogen-bond acceptors (Lipinski definition) is 2. The van der Waals surface area contributed by atoms with Gasteiger partial charge < -0.3 is 5.73 Å². The second-order valence-corrected chi connectivity index (χ2v) is 3.07. The molecule has 0 amide bonds. The third kappa shape index (κ3) is 1.97. The van der Waals surface area contributed by atoms with E-state index in [4.69, 9.17) is 28.9 Å². The average Bonchev–Trinajstić information content (AvgIpc) is 2.08. The van der Waals surface area contributed by atoms with Crippen molar-refractivity contribution in [2.75, 3.05) is 6.54 Å². The SMILES string of the molecule is C=C(CN)c1cnc(Cl)c(Cl)c1. The van der Waals surface area contributed by atoms with Crippen molar-refractivity contribution >= 4 is 28.8 Å². The van der Waals surface area contributed by atoms with Gasteiger partial charge in [-0.05, 0) is 17.2 Å². The first-order valence-electron chi connectivity index (χ1n) is 3.34. The number of nitrogens with two attached hydrogens (primary N) is 1. The van der Waals surface area contributed by atoms with E-state index < -0.39 is 0 Å². The molecule has 1 aromatic rings. The van der Waals surface area contributed by atoms with E-state index in [0.29, 0.717) is 16.7 Å². The Labute approximate surface area is 81.0 Å². The average molecular weight is 203 g/mol. The van der Waals surface area contributed by atoms with Gasteiger partial charge in [0.1, 0.15) is 5.15 Å². The molecule has 0 aliphatic heterocycles. The van der Waals surface area contributed by atoms with E-state index in [1.54, 1.807) is 12.3 Å². The summed E-state index contributed by atoms with van der Waals surface area (Å²) in [6, 6.07) is 1.70. The highest BCUT2D eigenvalue weighted by molar-refractivity contribution is 6.41. The maximum atomic E-state index is 5.74. The summed E-state index contributed by atoms with van der Waals surface area (Å²) in [6.45, 7) is 4.14. The lowest BCUT2D eigenvalue weighted by atomic mass is 10.1. The fraction of sp³-hybridized carbons (Fsp3) is 0.125. The summed E-state index contributed by atoms with van der Waals surface area (Å²) < 4.78 is 0. The zero-order chi connectivity index (χ0) is 9.14. The van der Waals surface area contributed by atoms with Crippen LogP contribution in [0.25, 0.3) is 5.57 Å². The molecule has 0 spiro atoms. The zero-order valence-corrected chi connectivity index (χ0v) is 7.86. The van der Waals surface area contributed by atoms with E-state index in [1.165, 1.54) is 0 Å². The van der Waals surface area contributed by atoms with Gasteiger partial charge in [-0.25, -0.2) is 4.98 Å². The zero-order valence-electron chi connectivity index (χ0n) is 6.35. The molecule has 1 aromatic heterocycles. The molecule has 1 heterocycles. The fourth-order valence-corrected chi connectivity index (χ4v) is 1.00. The van der Waals surface area contributed by atoms with Crippen LogP contribution in [0.1, 0.15) is 5.56 Å². The molecule has 0 aromatic carbocycles. The third-order valence-corrected chi connectivity index (χ3v) is 2.14. The van der Waals surface area contributed by atoms with E-state index >= 15 is 0 Å². The van der Waals surface area contributed by atoms with Gasteiger partial charge in [0, 0.05) is 12.7 Å². The third-order valence-electron chi connectivity index (χ3n) is 1.45. The van der Waals surface area contributed by atoms with Crippen LogP contribution >= 0.6 is 23.2 Å². The van der Waals surface area contributed by atoms with E-state index in [9.17, 15) is 0 Å². The second-order valence-electron chi connectivity index (χ2n) is 2.30. The maximum Gasteiger partial charge on any atom is 0.147 e. The van der Waals surface area contributed by atoms with E-state index in [0.717, 1.165) is 11.1 Å². The van der Waals surface area contributed by atoms with Crippen LogP contribution in [0, 0.1) is 0 Å². The Bertz CT molecular complexity index is 310. The van der Waals surface area contributed by atoms with Gasteiger partial charge in [0.15, 0.2) is 0 Å². The maximum absolute atomic E-state index is 5.74. The Kier molecular flexibility index (Phi) is 3.09. The summed E-state index contributed by atoms with van der Waals surface area (Å²) in [4.78, 5) is 3.86. The minimum Gasteiger partial charge on any atom is -0.326 e. The summed E-state index contributed by atoms with van der Waals surface area (Å²) >= 11 is 11.4. The van der Waals surface area contributed by atoms with Crippen LogP contribution in [0.3, 0.4) is 0 Å². The standard InChI is InChI=1S/C8H8Cl2N2/c1-5(3-11)6-2-7(9)8(10)12-4-6/h2,4H,1,3,11H2. The van der Waals surface area contributed by atoms with Crippen LogP contribution < -0.4 is 5.73 Å². The van der Waals surface area contributed by atoms with Crippen LogP contribution in [0.15, 0.2) is 18.8 Å². The molecule has 0 aliphatic carbocycles. The molecule has 0 bridgehead atoms. The number of aromatic nitrogens is 1.